The molecule has 6 nitrogen and oxygen atoms in total. The van der Waals surface area contributed by atoms with E-state index >= 15 is 0 Å². The minimum atomic E-state index is -0.591. The van der Waals surface area contributed by atoms with E-state index in [-0.39, 0.29) is 11.8 Å². The lowest BCUT2D eigenvalue weighted by Gasteiger charge is -2.41. The van der Waals surface area contributed by atoms with Crippen LogP contribution in [0.5, 0.6) is 0 Å². The molecule has 2 atom stereocenters. The Balaban J connectivity index is 1.78. The number of benzene rings is 1. The van der Waals surface area contributed by atoms with E-state index in [9.17, 15) is 9.59 Å². The number of carbonyl (C=O) groups excluding carboxylic acids is 2. The summed E-state index contributed by atoms with van der Waals surface area (Å²) < 4.78 is 5.24. The number of carbonyl (C=O) groups is 2. The summed E-state index contributed by atoms with van der Waals surface area (Å²) in [5.74, 6) is -0.514. The largest absolute Gasteiger partial charge is 0.383 e. The molecule has 8 heteroatoms. The Labute approximate surface area is 183 Å². The number of nitrogens with one attached hydrogen (secondary N) is 1. The number of fused-ring (bicyclic) bond motifs is 1. The molecule has 2 aromatic heterocycles. The lowest BCUT2D eigenvalue weighted by Crippen LogP contribution is -2.47. The van der Waals surface area contributed by atoms with E-state index in [1.54, 1.807) is 30.2 Å². The molecule has 1 aliphatic rings. The molecule has 30 heavy (non-hydrogen) atoms. The number of amides is 2. The fraction of sp³-hybridized carbons (Fsp3) is 0.227. The van der Waals surface area contributed by atoms with Crippen LogP contribution in [-0.4, -0.2) is 42.0 Å². The molecule has 154 valence electrons. The summed E-state index contributed by atoms with van der Waals surface area (Å²) in [6.07, 6.45) is 1.48. The molecule has 2 amide bonds. The monoisotopic (exact) mass is 441 g/mol. The number of ether oxygens (including phenoxy) is 1. The van der Waals surface area contributed by atoms with Crippen molar-refractivity contribution in [3.63, 3.8) is 0 Å². The molecular formula is C22H20ClN3O3S. The Kier molecular flexibility index (Phi) is 6.13. The van der Waals surface area contributed by atoms with Crippen LogP contribution in [0.3, 0.4) is 0 Å². The maximum Gasteiger partial charge on any atom is 0.254 e. The zero-order valence-electron chi connectivity index (χ0n) is 16.2. The van der Waals surface area contributed by atoms with Gasteiger partial charge >= 0.3 is 0 Å². The predicted molar refractivity (Wildman–Crippen MR) is 117 cm³/mol. The first-order chi connectivity index (χ1) is 14.6. The van der Waals surface area contributed by atoms with Crippen LogP contribution in [0, 0.1) is 0 Å². The van der Waals surface area contributed by atoms with Gasteiger partial charge in [0, 0.05) is 30.3 Å². The summed E-state index contributed by atoms with van der Waals surface area (Å²) in [4.78, 5) is 33.7. The summed E-state index contributed by atoms with van der Waals surface area (Å²) >= 11 is 7.43. The van der Waals surface area contributed by atoms with Crippen LogP contribution in [-0.2, 0) is 9.53 Å². The average molecular weight is 442 g/mol. The molecule has 3 heterocycles. The van der Waals surface area contributed by atoms with Crippen LogP contribution in [0.25, 0.3) is 0 Å². The average Bonchev–Trinajstić information content (AvgIpc) is 3.29. The summed E-state index contributed by atoms with van der Waals surface area (Å²) in [5.41, 5.74) is 1.24. The lowest BCUT2D eigenvalue weighted by atomic mass is 9.81. The number of methoxy groups -OCH3 is 1. The van der Waals surface area contributed by atoms with Crippen LogP contribution in [0.4, 0.5) is 5.82 Å². The number of anilines is 1. The van der Waals surface area contributed by atoms with Gasteiger partial charge in [-0.2, -0.15) is 0 Å². The maximum absolute atomic E-state index is 13.5. The zero-order chi connectivity index (χ0) is 21.1. The third kappa shape index (κ3) is 3.96. The smallest absolute Gasteiger partial charge is 0.254 e. The first-order valence-corrected chi connectivity index (χ1v) is 10.7. The van der Waals surface area contributed by atoms with E-state index in [0.29, 0.717) is 35.1 Å². The van der Waals surface area contributed by atoms with Gasteiger partial charge in [0.15, 0.2) is 0 Å². The van der Waals surface area contributed by atoms with E-state index in [2.05, 4.69) is 10.3 Å². The second kappa shape index (κ2) is 8.95. The highest BCUT2D eigenvalue weighted by atomic mass is 35.5. The van der Waals surface area contributed by atoms with E-state index < -0.39 is 12.0 Å². The minimum absolute atomic E-state index is 0.102. The van der Waals surface area contributed by atoms with Crippen molar-refractivity contribution in [2.24, 2.45) is 0 Å². The number of nitrogens with zero attached hydrogens (tertiary/aromatic N) is 2. The highest BCUT2D eigenvalue weighted by molar-refractivity contribution is 7.10. The van der Waals surface area contributed by atoms with Gasteiger partial charge in [0.25, 0.3) is 5.91 Å². The van der Waals surface area contributed by atoms with E-state index in [1.165, 1.54) is 17.5 Å². The van der Waals surface area contributed by atoms with Crippen LogP contribution >= 0.6 is 22.9 Å². The number of hydrogen-bond donors (Lipinski definition) is 1. The van der Waals surface area contributed by atoms with Gasteiger partial charge in [0.1, 0.15) is 5.82 Å². The van der Waals surface area contributed by atoms with E-state index in [0.717, 1.165) is 4.88 Å². The van der Waals surface area contributed by atoms with Crippen molar-refractivity contribution in [2.75, 3.05) is 25.6 Å². The summed E-state index contributed by atoms with van der Waals surface area (Å²) in [5, 5.41) is 5.33. The molecule has 0 unspecified atom stereocenters. The van der Waals surface area contributed by atoms with Crippen molar-refractivity contribution < 1.29 is 14.3 Å². The number of rotatable bonds is 6. The molecule has 4 rings (SSSR count). The standard InChI is InChI=1S/C22H20ClN3O3S/c1-29-11-10-26-20(17-7-4-12-30-17)19(15-5-2-3-6-16(15)22(26)28)21(27)25-18-9-8-14(23)13-24-18/h2-9,12-13,19-20H,10-11H2,1H3,(H,24,25,27)/t19-,20-/m1/s1. The first-order valence-electron chi connectivity index (χ1n) is 9.45. The molecule has 1 aromatic carbocycles. The summed E-state index contributed by atoms with van der Waals surface area (Å²) in [6, 6.07) is 14.0. The van der Waals surface area contributed by atoms with Gasteiger partial charge in [-0.15, -0.1) is 11.3 Å². The van der Waals surface area contributed by atoms with Gasteiger partial charge in [-0.1, -0.05) is 35.9 Å². The van der Waals surface area contributed by atoms with Crippen LogP contribution in [0.1, 0.15) is 32.8 Å². The molecule has 3 aromatic rings. The fourth-order valence-electron chi connectivity index (χ4n) is 3.74. The van der Waals surface area contributed by atoms with Crippen molar-refractivity contribution in [1.82, 2.24) is 9.88 Å². The first kappa shape index (κ1) is 20.5. The van der Waals surface area contributed by atoms with Gasteiger partial charge in [-0.05, 0) is 35.2 Å². The van der Waals surface area contributed by atoms with Crippen molar-refractivity contribution in [3.05, 3.63) is 81.1 Å². The lowest BCUT2D eigenvalue weighted by molar-refractivity contribution is -0.119. The molecule has 0 radical (unpaired) electrons. The minimum Gasteiger partial charge on any atom is -0.383 e. The quantitative estimate of drug-likeness (QED) is 0.616. The highest BCUT2D eigenvalue weighted by Gasteiger charge is 2.44. The Morgan fingerprint density at radius 2 is 2.07 bits per heavy atom. The SMILES string of the molecule is COCCN1C(=O)c2ccccc2[C@@H](C(=O)Nc2ccc(Cl)cn2)[C@H]1c1cccs1. The summed E-state index contributed by atoms with van der Waals surface area (Å²) in [7, 11) is 1.60. The second-order valence-corrected chi connectivity index (χ2v) is 8.28. The third-order valence-corrected chi connectivity index (χ3v) is 6.24. The molecule has 0 spiro atoms. The van der Waals surface area contributed by atoms with E-state index in [1.807, 2.05) is 35.7 Å². The Bertz CT molecular complexity index is 1040. The highest BCUT2D eigenvalue weighted by Crippen LogP contribution is 2.44. The van der Waals surface area contributed by atoms with Crippen molar-refractivity contribution in [1.29, 1.82) is 0 Å². The summed E-state index contributed by atoms with van der Waals surface area (Å²) in [6.45, 7) is 0.762. The third-order valence-electron chi connectivity index (χ3n) is 5.07. The normalized spacial score (nSPS) is 18.2. The van der Waals surface area contributed by atoms with Gasteiger partial charge in [0.05, 0.1) is 23.6 Å². The van der Waals surface area contributed by atoms with Crippen LogP contribution in [0.15, 0.2) is 60.1 Å². The number of hydrogen-bond acceptors (Lipinski definition) is 5. The molecule has 1 aliphatic heterocycles. The molecule has 0 bridgehead atoms. The number of halogens is 1. The Morgan fingerprint density at radius 3 is 2.77 bits per heavy atom. The number of thiophene rings is 1. The molecular weight excluding hydrogens is 422 g/mol. The molecule has 1 N–H and O–H groups in total. The van der Waals surface area contributed by atoms with Crippen molar-refractivity contribution in [2.45, 2.75) is 12.0 Å². The zero-order valence-corrected chi connectivity index (χ0v) is 17.8. The molecule has 0 saturated carbocycles. The molecule has 0 saturated heterocycles. The van der Waals surface area contributed by atoms with E-state index in [4.69, 9.17) is 16.3 Å². The van der Waals surface area contributed by atoms with Gasteiger partial charge in [0.2, 0.25) is 5.91 Å². The topological polar surface area (TPSA) is 71.5 Å². The number of aromatic nitrogens is 1. The fourth-order valence-corrected chi connectivity index (χ4v) is 4.73. The Hall–Kier alpha value is -2.74. The molecule has 0 aliphatic carbocycles. The van der Waals surface area contributed by atoms with Gasteiger partial charge < -0.3 is 15.0 Å². The van der Waals surface area contributed by atoms with Crippen LogP contribution < -0.4 is 5.32 Å². The predicted octanol–water partition coefficient (Wildman–Crippen LogP) is 4.36. The maximum atomic E-state index is 13.5. The number of pyridine rings is 1. The molecule has 0 fully saturated rings. The van der Waals surface area contributed by atoms with Crippen molar-refractivity contribution in [3.8, 4) is 0 Å². The van der Waals surface area contributed by atoms with Gasteiger partial charge in [-0.25, -0.2) is 4.98 Å². The second-order valence-electron chi connectivity index (χ2n) is 6.87. The van der Waals surface area contributed by atoms with Crippen molar-refractivity contribution >= 4 is 40.6 Å². The Morgan fingerprint density at radius 1 is 1.23 bits per heavy atom. The van der Waals surface area contributed by atoms with Gasteiger partial charge in [-0.3, -0.25) is 9.59 Å². The van der Waals surface area contributed by atoms with Crippen LogP contribution in [0.2, 0.25) is 5.02 Å².